The molecular formula is C12H9BrF3NO3. The molecule has 108 valence electrons. The van der Waals surface area contributed by atoms with E-state index in [4.69, 9.17) is 5.11 Å². The van der Waals surface area contributed by atoms with Gasteiger partial charge in [-0.15, -0.1) is 0 Å². The minimum atomic E-state index is -4.60. The number of alkyl halides is 3. The molecule has 8 heteroatoms. The first-order valence-electron chi connectivity index (χ1n) is 5.58. The lowest BCUT2D eigenvalue weighted by molar-refractivity contribution is -0.140. The Morgan fingerprint density at radius 3 is 2.35 bits per heavy atom. The number of carbonyl (C=O) groups excluding carboxylic acids is 1. The zero-order chi connectivity index (χ0) is 15.1. The van der Waals surface area contributed by atoms with Crippen molar-refractivity contribution in [3.8, 4) is 0 Å². The Morgan fingerprint density at radius 1 is 1.30 bits per heavy atom. The fourth-order valence-corrected chi connectivity index (χ4v) is 2.16. The maximum atomic E-state index is 12.7. The van der Waals surface area contributed by atoms with Crippen LogP contribution in [0.15, 0.2) is 22.7 Å². The molecular weight excluding hydrogens is 343 g/mol. The average molecular weight is 352 g/mol. The molecule has 0 atom stereocenters. The number of hydrogen-bond donors (Lipinski definition) is 2. The van der Waals surface area contributed by atoms with Gasteiger partial charge in [0.25, 0.3) is 5.91 Å². The van der Waals surface area contributed by atoms with Crippen LogP contribution < -0.4 is 5.32 Å². The zero-order valence-electron chi connectivity index (χ0n) is 9.92. The maximum absolute atomic E-state index is 12.7. The third kappa shape index (κ3) is 2.79. The Hall–Kier alpha value is -1.57. The molecule has 1 aromatic rings. The van der Waals surface area contributed by atoms with Gasteiger partial charge in [-0.2, -0.15) is 13.2 Å². The van der Waals surface area contributed by atoms with Crippen LogP contribution >= 0.6 is 15.9 Å². The second kappa shape index (κ2) is 4.76. The van der Waals surface area contributed by atoms with E-state index in [1.54, 1.807) is 0 Å². The highest BCUT2D eigenvalue weighted by molar-refractivity contribution is 9.10. The lowest BCUT2D eigenvalue weighted by Crippen LogP contribution is -2.43. The van der Waals surface area contributed by atoms with Crippen molar-refractivity contribution in [1.82, 2.24) is 5.32 Å². The number of halogens is 4. The summed E-state index contributed by atoms with van der Waals surface area (Å²) in [5.41, 5.74) is -2.54. The van der Waals surface area contributed by atoms with Crippen LogP contribution in [-0.4, -0.2) is 22.5 Å². The number of benzene rings is 1. The van der Waals surface area contributed by atoms with Gasteiger partial charge in [0, 0.05) is 10.0 Å². The molecule has 1 fully saturated rings. The van der Waals surface area contributed by atoms with E-state index < -0.39 is 29.2 Å². The minimum Gasteiger partial charge on any atom is -0.480 e. The number of aliphatic carboxylic acids is 1. The summed E-state index contributed by atoms with van der Waals surface area (Å²) in [5.74, 6) is -2.01. The van der Waals surface area contributed by atoms with Crippen LogP contribution in [0.4, 0.5) is 13.2 Å². The Balaban J connectivity index is 2.26. The highest BCUT2D eigenvalue weighted by Crippen LogP contribution is 2.37. The standard InChI is InChI=1S/C12H9BrF3NO3/c13-8-2-1-6(5-7(8)12(14,15)16)9(18)17-11(3-4-11)10(19)20/h1-2,5H,3-4H2,(H,17,18)(H,19,20). The van der Waals surface area contributed by atoms with Gasteiger partial charge in [-0.3, -0.25) is 4.79 Å². The molecule has 1 aliphatic rings. The molecule has 1 amide bonds. The van der Waals surface area contributed by atoms with Gasteiger partial charge >= 0.3 is 12.1 Å². The normalized spacial score (nSPS) is 16.6. The molecule has 0 saturated heterocycles. The predicted octanol–water partition coefficient (Wildman–Crippen LogP) is 2.81. The average Bonchev–Trinajstić information content (AvgIpc) is 3.09. The van der Waals surface area contributed by atoms with Crippen molar-refractivity contribution >= 4 is 27.8 Å². The summed E-state index contributed by atoms with van der Waals surface area (Å²) in [6.45, 7) is 0. The van der Waals surface area contributed by atoms with Crippen molar-refractivity contribution < 1.29 is 27.9 Å². The van der Waals surface area contributed by atoms with Gasteiger partial charge in [0.05, 0.1) is 5.56 Å². The van der Waals surface area contributed by atoms with E-state index in [2.05, 4.69) is 21.2 Å². The number of hydrogen-bond acceptors (Lipinski definition) is 2. The second-order valence-corrected chi connectivity index (χ2v) is 5.39. The lowest BCUT2D eigenvalue weighted by Gasteiger charge is -2.14. The van der Waals surface area contributed by atoms with Gasteiger partial charge < -0.3 is 10.4 Å². The van der Waals surface area contributed by atoms with Gasteiger partial charge in [-0.1, -0.05) is 15.9 Å². The summed E-state index contributed by atoms with van der Waals surface area (Å²) >= 11 is 2.77. The van der Waals surface area contributed by atoms with Crippen molar-refractivity contribution in [3.05, 3.63) is 33.8 Å². The SMILES string of the molecule is O=C(NC1(C(=O)O)CC1)c1ccc(Br)c(C(F)(F)F)c1. The van der Waals surface area contributed by atoms with E-state index in [0.29, 0.717) is 6.07 Å². The summed E-state index contributed by atoms with van der Waals surface area (Å²) in [6.07, 6.45) is -4.05. The molecule has 0 radical (unpaired) electrons. The molecule has 4 nitrogen and oxygen atoms in total. The van der Waals surface area contributed by atoms with Gasteiger partial charge in [0.1, 0.15) is 5.54 Å². The van der Waals surface area contributed by atoms with E-state index in [9.17, 15) is 22.8 Å². The van der Waals surface area contributed by atoms with Crippen LogP contribution in [0.3, 0.4) is 0 Å². The van der Waals surface area contributed by atoms with Crippen LogP contribution in [0.5, 0.6) is 0 Å². The van der Waals surface area contributed by atoms with Gasteiger partial charge in [0.15, 0.2) is 0 Å². The van der Waals surface area contributed by atoms with E-state index >= 15 is 0 Å². The van der Waals surface area contributed by atoms with E-state index in [1.165, 1.54) is 6.07 Å². The Kier molecular flexibility index (Phi) is 3.53. The van der Waals surface area contributed by atoms with Crippen LogP contribution in [0.25, 0.3) is 0 Å². The van der Waals surface area contributed by atoms with Gasteiger partial charge in [-0.05, 0) is 31.0 Å². The number of carboxylic acid groups (broad SMARTS) is 1. The summed E-state index contributed by atoms with van der Waals surface area (Å²) in [7, 11) is 0. The third-order valence-electron chi connectivity index (χ3n) is 3.05. The largest absolute Gasteiger partial charge is 0.480 e. The van der Waals surface area contributed by atoms with Crippen LogP contribution in [0.1, 0.15) is 28.8 Å². The quantitative estimate of drug-likeness (QED) is 0.879. The van der Waals surface area contributed by atoms with E-state index in [1.807, 2.05) is 0 Å². The molecule has 0 aliphatic heterocycles. The summed E-state index contributed by atoms with van der Waals surface area (Å²) in [5, 5.41) is 11.2. The van der Waals surface area contributed by atoms with E-state index in [0.717, 1.165) is 6.07 Å². The molecule has 0 spiro atoms. The maximum Gasteiger partial charge on any atom is 0.417 e. The molecule has 2 rings (SSSR count). The van der Waals surface area contributed by atoms with Gasteiger partial charge in [-0.25, -0.2) is 4.79 Å². The molecule has 1 aromatic carbocycles. The summed E-state index contributed by atoms with van der Waals surface area (Å²) in [6, 6.07) is 3.00. The fraction of sp³-hybridized carbons (Fsp3) is 0.333. The van der Waals surface area contributed by atoms with Crippen molar-refractivity contribution in [1.29, 1.82) is 0 Å². The number of nitrogens with one attached hydrogen (secondary N) is 1. The number of amides is 1. The number of carbonyl (C=O) groups is 2. The van der Waals surface area contributed by atoms with Crippen molar-refractivity contribution in [2.24, 2.45) is 0 Å². The first-order valence-corrected chi connectivity index (χ1v) is 6.38. The molecule has 1 aliphatic carbocycles. The van der Waals surface area contributed by atoms with Crippen molar-refractivity contribution in [2.75, 3.05) is 0 Å². The smallest absolute Gasteiger partial charge is 0.417 e. The topological polar surface area (TPSA) is 66.4 Å². The number of carboxylic acids is 1. The first kappa shape index (κ1) is 14.8. The molecule has 0 aromatic heterocycles. The first-order chi connectivity index (χ1) is 9.16. The lowest BCUT2D eigenvalue weighted by atomic mass is 10.1. The molecule has 2 N–H and O–H groups in total. The van der Waals surface area contributed by atoms with E-state index in [-0.39, 0.29) is 22.9 Å². The molecule has 1 saturated carbocycles. The highest BCUT2D eigenvalue weighted by atomic mass is 79.9. The van der Waals surface area contributed by atoms with Crippen molar-refractivity contribution in [3.63, 3.8) is 0 Å². The van der Waals surface area contributed by atoms with Crippen LogP contribution in [0, 0.1) is 0 Å². The Bertz CT molecular complexity index is 582. The Labute approximate surface area is 120 Å². The number of rotatable bonds is 3. The minimum absolute atomic E-state index is 0.180. The van der Waals surface area contributed by atoms with Crippen LogP contribution in [0.2, 0.25) is 0 Å². The third-order valence-corrected chi connectivity index (χ3v) is 3.74. The molecule has 0 heterocycles. The van der Waals surface area contributed by atoms with Crippen LogP contribution in [-0.2, 0) is 11.0 Å². The predicted molar refractivity (Wildman–Crippen MR) is 66.2 cm³/mol. The second-order valence-electron chi connectivity index (χ2n) is 4.53. The highest BCUT2D eigenvalue weighted by Gasteiger charge is 2.51. The fourth-order valence-electron chi connectivity index (χ4n) is 1.69. The molecule has 0 unspecified atom stereocenters. The summed E-state index contributed by atoms with van der Waals surface area (Å²) in [4.78, 5) is 22.8. The monoisotopic (exact) mass is 351 g/mol. The summed E-state index contributed by atoms with van der Waals surface area (Å²) < 4.78 is 38.0. The molecule has 20 heavy (non-hydrogen) atoms. The van der Waals surface area contributed by atoms with Gasteiger partial charge in [0.2, 0.25) is 0 Å². The molecule has 0 bridgehead atoms. The Morgan fingerprint density at radius 2 is 1.90 bits per heavy atom. The van der Waals surface area contributed by atoms with Crippen molar-refractivity contribution in [2.45, 2.75) is 24.6 Å². The zero-order valence-corrected chi connectivity index (χ0v) is 11.5.